The molecule has 2 aromatic carbocycles. The Morgan fingerprint density at radius 2 is 1.87 bits per heavy atom. The van der Waals surface area contributed by atoms with Crippen molar-refractivity contribution in [3.63, 3.8) is 0 Å². The highest BCUT2D eigenvalue weighted by molar-refractivity contribution is 7.07. The van der Waals surface area contributed by atoms with E-state index in [2.05, 4.69) is 16.3 Å². The van der Waals surface area contributed by atoms with Crippen molar-refractivity contribution in [2.24, 2.45) is 5.92 Å². The SMILES string of the molecule is COc1cccc(Cc2nsc(Oc3ccc(CC(=O)N4CCC(C)CC4)cc3)n2)c1. The summed E-state index contributed by atoms with van der Waals surface area (Å²) in [5.74, 6) is 3.14. The fraction of sp³-hybridized carbons (Fsp3) is 0.375. The third-order valence-electron chi connectivity index (χ3n) is 5.57. The van der Waals surface area contributed by atoms with Crippen LogP contribution in [0.5, 0.6) is 16.7 Å². The molecule has 0 saturated carbocycles. The normalized spacial score (nSPS) is 14.5. The molecule has 0 unspecified atom stereocenters. The number of amides is 1. The Bertz CT molecular complexity index is 1010. The summed E-state index contributed by atoms with van der Waals surface area (Å²) >= 11 is 1.23. The molecular formula is C24H27N3O3S. The van der Waals surface area contributed by atoms with E-state index in [4.69, 9.17) is 9.47 Å². The lowest BCUT2D eigenvalue weighted by Gasteiger charge is -2.30. The maximum atomic E-state index is 12.5. The third kappa shape index (κ3) is 5.82. The Kier molecular flexibility index (Phi) is 6.82. The van der Waals surface area contributed by atoms with Gasteiger partial charge in [-0.15, -0.1) is 0 Å². The molecule has 0 radical (unpaired) electrons. The van der Waals surface area contributed by atoms with Crippen LogP contribution in [0.2, 0.25) is 0 Å². The number of likely N-dealkylation sites (tertiary alicyclic amines) is 1. The average Bonchev–Trinajstić information content (AvgIpc) is 3.22. The highest BCUT2D eigenvalue weighted by atomic mass is 32.1. The van der Waals surface area contributed by atoms with Crippen molar-refractivity contribution in [1.82, 2.24) is 14.3 Å². The van der Waals surface area contributed by atoms with E-state index in [9.17, 15) is 4.79 Å². The largest absolute Gasteiger partial charge is 0.497 e. The molecule has 7 heteroatoms. The molecule has 1 saturated heterocycles. The number of hydrogen-bond donors (Lipinski definition) is 0. The predicted molar refractivity (Wildman–Crippen MR) is 121 cm³/mol. The maximum absolute atomic E-state index is 12.5. The van der Waals surface area contributed by atoms with Crippen molar-refractivity contribution in [3.05, 3.63) is 65.5 Å². The number of piperidine rings is 1. The third-order valence-corrected chi connectivity index (χ3v) is 6.20. The zero-order valence-electron chi connectivity index (χ0n) is 17.9. The van der Waals surface area contributed by atoms with Crippen LogP contribution in [0.15, 0.2) is 48.5 Å². The van der Waals surface area contributed by atoms with Crippen LogP contribution >= 0.6 is 11.5 Å². The lowest BCUT2D eigenvalue weighted by molar-refractivity contribution is -0.131. The molecule has 1 aliphatic heterocycles. The van der Waals surface area contributed by atoms with Gasteiger partial charge in [0.2, 0.25) is 5.91 Å². The molecule has 1 amide bonds. The molecule has 6 nitrogen and oxygen atoms in total. The Labute approximate surface area is 187 Å². The second kappa shape index (κ2) is 9.92. The highest BCUT2D eigenvalue weighted by Gasteiger charge is 2.20. The number of methoxy groups -OCH3 is 1. The monoisotopic (exact) mass is 437 g/mol. The molecule has 0 atom stereocenters. The van der Waals surface area contributed by atoms with Gasteiger partial charge in [0.1, 0.15) is 11.5 Å². The van der Waals surface area contributed by atoms with Gasteiger partial charge in [-0.05, 0) is 54.2 Å². The van der Waals surface area contributed by atoms with Gasteiger partial charge in [-0.2, -0.15) is 9.36 Å². The first-order valence-electron chi connectivity index (χ1n) is 10.6. The van der Waals surface area contributed by atoms with Crippen molar-refractivity contribution in [2.45, 2.75) is 32.6 Å². The first-order valence-corrected chi connectivity index (χ1v) is 11.4. The van der Waals surface area contributed by atoms with Crippen molar-refractivity contribution in [1.29, 1.82) is 0 Å². The molecule has 31 heavy (non-hydrogen) atoms. The van der Waals surface area contributed by atoms with Crippen LogP contribution in [-0.4, -0.2) is 40.4 Å². The zero-order valence-corrected chi connectivity index (χ0v) is 18.7. The van der Waals surface area contributed by atoms with E-state index in [1.807, 2.05) is 53.4 Å². The molecule has 4 rings (SSSR count). The van der Waals surface area contributed by atoms with Gasteiger partial charge in [0.15, 0.2) is 5.82 Å². The van der Waals surface area contributed by atoms with Crippen molar-refractivity contribution >= 4 is 17.4 Å². The Morgan fingerprint density at radius 3 is 2.61 bits per heavy atom. The van der Waals surface area contributed by atoms with Gasteiger partial charge in [0.05, 0.1) is 13.5 Å². The van der Waals surface area contributed by atoms with Crippen molar-refractivity contribution < 1.29 is 14.3 Å². The van der Waals surface area contributed by atoms with Crippen LogP contribution in [0.1, 0.15) is 36.7 Å². The molecule has 0 bridgehead atoms. The van der Waals surface area contributed by atoms with Crippen molar-refractivity contribution in [2.75, 3.05) is 20.2 Å². The average molecular weight is 438 g/mol. The number of hydrogen-bond acceptors (Lipinski definition) is 6. The molecule has 0 N–H and O–H groups in total. The molecule has 2 heterocycles. The first kappa shape index (κ1) is 21.3. The molecular weight excluding hydrogens is 410 g/mol. The smallest absolute Gasteiger partial charge is 0.298 e. The van der Waals surface area contributed by atoms with Gasteiger partial charge in [0.25, 0.3) is 5.19 Å². The molecule has 1 aromatic heterocycles. The van der Waals surface area contributed by atoms with Gasteiger partial charge in [0, 0.05) is 31.0 Å². The van der Waals surface area contributed by atoms with Gasteiger partial charge in [-0.1, -0.05) is 31.2 Å². The number of carbonyl (C=O) groups excluding carboxylic acids is 1. The summed E-state index contributed by atoms with van der Waals surface area (Å²) in [5.41, 5.74) is 2.08. The van der Waals surface area contributed by atoms with E-state index in [-0.39, 0.29) is 5.91 Å². The van der Waals surface area contributed by atoms with E-state index in [1.165, 1.54) is 11.5 Å². The summed E-state index contributed by atoms with van der Waals surface area (Å²) in [6, 6.07) is 15.5. The summed E-state index contributed by atoms with van der Waals surface area (Å²) in [6.45, 7) is 3.99. The Balaban J connectivity index is 1.31. The summed E-state index contributed by atoms with van der Waals surface area (Å²) in [4.78, 5) is 19.0. The molecule has 3 aromatic rings. The predicted octanol–water partition coefficient (Wildman–Crippen LogP) is 4.73. The Morgan fingerprint density at radius 1 is 1.10 bits per heavy atom. The molecule has 0 spiro atoms. The summed E-state index contributed by atoms with van der Waals surface area (Å²) < 4.78 is 15.5. The number of rotatable bonds is 7. The highest BCUT2D eigenvalue weighted by Crippen LogP contribution is 2.25. The van der Waals surface area contributed by atoms with Crippen molar-refractivity contribution in [3.8, 4) is 16.7 Å². The molecule has 1 fully saturated rings. The molecule has 0 aliphatic carbocycles. The van der Waals surface area contributed by atoms with Crippen LogP contribution in [0.3, 0.4) is 0 Å². The molecule has 1 aliphatic rings. The fourth-order valence-electron chi connectivity index (χ4n) is 3.64. The van der Waals surface area contributed by atoms with Crippen LogP contribution in [0, 0.1) is 5.92 Å². The van der Waals surface area contributed by atoms with E-state index in [0.29, 0.717) is 29.6 Å². The minimum atomic E-state index is 0.201. The van der Waals surface area contributed by atoms with Gasteiger partial charge >= 0.3 is 0 Å². The van der Waals surface area contributed by atoms with Crippen LogP contribution in [0.25, 0.3) is 0 Å². The van der Waals surface area contributed by atoms with E-state index in [1.54, 1.807) is 7.11 Å². The minimum Gasteiger partial charge on any atom is -0.497 e. The number of nitrogens with zero attached hydrogens (tertiary/aromatic N) is 3. The molecule has 162 valence electrons. The second-order valence-electron chi connectivity index (χ2n) is 7.99. The van der Waals surface area contributed by atoms with Crippen LogP contribution < -0.4 is 9.47 Å². The zero-order chi connectivity index (χ0) is 21.6. The van der Waals surface area contributed by atoms with E-state index >= 15 is 0 Å². The second-order valence-corrected chi connectivity index (χ2v) is 8.71. The van der Waals surface area contributed by atoms with Crippen LogP contribution in [0.4, 0.5) is 0 Å². The minimum absolute atomic E-state index is 0.201. The maximum Gasteiger partial charge on any atom is 0.298 e. The summed E-state index contributed by atoms with van der Waals surface area (Å²) in [7, 11) is 1.65. The Hall–Kier alpha value is -2.93. The first-order chi connectivity index (χ1) is 15.1. The quantitative estimate of drug-likeness (QED) is 0.535. The topological polar surface area (TPSA) is 64.6 Å². The van der Waals surface area contributed by atoms with Crippen LogP contribution in [-0.2, 0) is 17.6 Å². The van der Waals surface area contributed by atoms with E-state index < -0.39 is 0 Å². The summed E-state index contributed by atoms with van der Waals surface area (Å²) in [6.07, 6.45) is 3.24. The van der Waals surface area contributed by atoms with Gasteiger partial charge in [-0.3, -0.25) is 4.79 Å². The number of benzene rings is 2. The van der Waals surface area contributed by atoms with Gasteiger partial charge < -0.3 is 14.4 Å². The number of ether oxygens (including phenoxy) is 2. The standard InChI is InChI=1S/C24H27N3O3S/c1-17-10-12-27(13-11-17)23(28)16-18-6-8-20(9-7-18)30-24-25-22(26-31-24)15-19-4-3-5-21(14-19)29-2/h3-9,14,17H,10-13,15-16H2,1-2H3. The number of carbonyl (C=O) groups is 1. The number of aromatic nitrogens is 2. The summed E-state index contributed by atoms with van der Waals surface area (Å²) in [5, 5.41) is 0.504. The lowest BCUT2D eigenvalue weighted by Crippen LogP contribution is -2.38. The fourth-order valence-corrected chi connectivity index (χ4v) is 4.21. The lowest BCUT2D eigenvalue weighted by atomic mass is 9.98. The van der Waals surface area contributed by atoms with E-state index in [0.717, 1.165) is 48.7 Å². The van der Waals surface area contributed by atoms with Gasteiger partial charge in [-0.25, -0.2) is 0 Å².